The Labute approximate surface area is 292 Å². The number of hydrogen-bond acceptors (Lipinski definition) is 3. The average Bonchev–Trinajstić information content (AvgIpc) is 3.85. The second kappa shape index (κ2) is 10.8. The fraction of sp³-hybridized carbons (Fsp3) is 0. The Morgan fingerprint density at radius 3 is 1.86 bits per heavy atom. The van der Waals surface area contributed by atoms with E-state index in [-0.39, 0.29) is 0 Å². The van der Waals surface area contributed by atoms with Crippen LogP contribution in [0.1, 0.15) is 0 Å². The zero-order chi connectivity index (χ0) is 33.5. The van der Waals surface area contributed by atoms with Crippen molar-refractivity contribution in [2.45, 2.75) is 0 Å². The first kappa shape index (κ1) is 27.9. The van der Waals surface area contributed by atoms with Gasteiger partial charge in [0.25, 0.3) is 0 Å². The minimum atomic E-state index is 0.742. The molecule has 0 N–H and O–H groups in total. The van der Waals surface area contributed by atoms with Gasteiger partial charge in [-0.1, -0.05) is 97.1 Å². The molecule has 0 saturated heterocycles. The highest BCUT2D eigenvalue weighted by Gasteiger charge is 2.19. The van der Waals surface area contributed by atoms with Crippen LogP contribution >= 0.6 is 0 Å². The number of aromatic nitrogens is 4. The summed E-state index contributed by atoms with van der Waals surface area (Å²) in [5.41, 5.74) is 13.1. The molecular weight excluding hydrogens is 625 g/mol. The third kappa shape index (κ3) is 4.15. The molecule has 0 bridgehead atoms. The molecule has 11 rings (SSSR count). The van der Waals surface area contributed by atoms with Gasteiger partial charge >= 0.3 is 0 Å². The summed E-state index contributed by atoms with van der Waals surface area (Å²) in [6, 6.07) is 57.5. The van der Waals surface area contributed by atoms with Crippen molar-refractivity contribution in [2.24, 2.45) is 0 Å². The molecule has 0 spiro atoms. The minimum absolute atomic E-state index is 0.742. The molecule has 0 unspecified atom stereocenters. The Morgan fingerprint density at radius 1 is 0.431 bits per heavy atom. The predicted octanol–water partition coefficient (Wildman–Crippen LogP) is 11.9. The molecule has 0 aliphatic carbocycles. The Bertz CT molecular complexity index is 3130. The van der Waals surface area contributed by atoms with Crippen LogP contribution in [0.25, 0.3) is 99.6 Å². The number of benzene rings is 6. The van der Waals surface area contributed by atoms with Gasteiger partial charge in [-0.25, -0.2) is 4.98 Å². The minimum Gasteiger partial charge on any atom is -0.454 e. The molecule has 238 valence electrons. The normalized spacial score (nSPS) is 11.9. The van der Waals surface area contributed by atoms with E-state index in [1.165, 1.54) is 27.1 Å². The van der Waals surface area contributed by atoms with Crippen molar-refractivity contribution < 1.29 is 4.42 Å². The van der Waals surface area contributed by atoms with E-state index in [0.717, 1.165) is 72.5 Å². The lowest BCUT2D eigenvalue weighted by Crippen LogP contribution is -1.93. The van der Waals surface area contributed by atoms with Crippen LogP contribution in [0.2, 0.25) is 0 Å². The highest BCUT2D eigenvalue weighted by Crippen LogP contribution is 2.40. The molecule has 5 nitrogen and oxygen atoms in total. The van der Waals surface area contributed by atoms with Gasteiger partial charge in [-0.3, -0.25) is 4.98 Å². The van der Waals surface area contributed by atoms with Gasteiger partial charge in [0.1, 0.15) is 11.1 Å². The number of hydrogen-bond donors (Lipinski definition) is 0. The molecule has 11 aromatic rings. The first-order chi connectivity index (χ1) is 25.3. The SMILES string of the molecule is c1ccc(-n2c3ccccc3c3ccc(-c4ccc5oc6cc(-c7cccc8c7c7ccccc7n8-c7ccccc7)ncc6c5n4)cc32)cc1. The summed E-state index contributed by atoms with van der Waals surface area (Å²) in [7, 11) is 0. The van der Waals surface area contributed by atoms with E-state index in [1.807, 2.05) is 12.3 Å². The maximum absolute atomic E-state index is 6.45. The van der Waals surface area contributed by atoms with Crippen molar-refractivity contribution in [1.82, 2.24) is 19.1 Å². The first-order valence-electron chi connectivity index (χ1n) is 17.2. The molecule has 0 aliphatic heterocycles. The van der Waals surface area contributed by atoms with E-state index in [2.05, 4.69) is 167 Å². The van der Waals surface area contributed by atoms with Gasteiger partial charge in [0, 0.05) is 56.3 Å². The van der Waals surface area contributed by atoms with E-state index < -0.39 is 0 Å². The molecule has 5 heteroatoms. The van der Waals surface area contributed by atoms with Crippen molar-refractivity contribution in [3.63, 3.8) is 0 Å². The summed E-state index contributed by atoms with van der Waals surface area (Å²) in [4.78, 5) is 10.2. The summed E-state index contributed by atoms with van der Waals surface area (Å²) in [5, 5.41) is 5.70. The Morgan fingerprint density at radius 2 is 1.08 bits per heavy atom. The third-order valence-electron chi connectivity index (χ3n) is 10.2. The molecular formula is C46H28N4O. The summed E-state index contributed by atoms with van der Waals surface area (Å²) in [5.74, 6) is 0. The summed E-state index contributed by atoms with van der Waals surface area (Å²) in [6.45, 7) is 0. The average molecular weight is 653 g/mol. The van der Waals surface area contributed by atoms with Crippen LogP contribution in [0.5, 0.6) is 0 Å². The predicted molar refractivity (Wildman–Crippen MR) is 209 cm³/mol. The summed E-state index contributed by atoms with van der Waals surface area (Å²) in [6.07, 6.45) is 1.92. The van der Waals surface area contributed by atoms with E-state index in [9.17, 15) is 0 Å². The van der Waals surface area contributed by atoms with Crippen LogP contribution in [0.3, 0.4) is 0 Å². The molecule has 0 saturated carbocycles. The highest BCUT2D eigenvalue weighted by atomic mass is 16.3. The van der Waals surface area contributed by atoms with Gasteiger partial charge < -0.3 is 13.6 Å². The lowest BCUT2D eigenvalue weighted by atomic mass is 10.0. The van der Waals surface area contributed by atoms with E-state index in [4.69, 9.17) is 14.4 Å². The van der Waals surface area contributed by atoms with E-state index in [1.54, 1.807) is 0 Å². The smallest absolute Gasteiger partial charge is 0.153 e. The summed E-state index contributed by atoms with van der Waals surface area (Å²) >= 11 is 0. The van der Waals surface area contributed by atoms with Gasteiger partial charge in [0.15, 0.2) is 5.58 Å². The van der Waals surface area contributed by atoms with Crippen LogP contribution in [-0.4, -0.2) is 19.1 Å². The lowest BCUT2D eigenvalue weighted by molar-refractivity contribution is 0.668. The fourth-order valence-electron chi connectivity index (χ4n) is 7.92. The zero-order valence-electron chi connectivity index (χ0n) is 27.4. The second-order valence-corrected chi connectivity index (χ2v) is 13.0. The zero-order valence-corrected chi connectivity index (χ0v) is 27.4. The maximum atomic E-state index is 6.45. The molecule has 0 fully saturated rings. The maximum Gasteiger partial charge on any atom is 0.153 e. The molecule has 0 radical (unpaired) electrons. The van der Waals surface area contributed by atoms with Crippen LogP contribution < -0.4 is 0 Å². The molecule has 0 amide bonds. The number of rotatable bonds is 4. The monoisotopic (exact) mass is 652 g/mol. The quantitative estimate of drug-likeness (QED) is 0.190. The largest absolute Gasteiger partial charge is 0.454 e. The topological polar surface area (TPSA) is 48.8 Å². The third-order valence-corrected chi connectivity index (χ3v) is 10.2. The highest BCUT2D eigenvalue weighted by molar-refractivity contribution is 6.16. The number of pyridine rings is 2. The van der Waals surface area contributed by atoms with Crippen LogP contribution in [0.4, 0.5) is 0 Å². The van der Waals surface area contributed by atoms with Gasteiger partial charge in [0.2, 0.25) is 0 Å². The Hall–Kier alpha value is -6.98. The second-order valence-electron chi connectivity index (χ2n) is 13.0. The number of fused-ring (bicyclic) bond motifs is 9. The van der Waals surface area contributed by atoms with Crippen LogP contribution in [0, 0.1) is 0 Å². The van der Waals surface area contributed by atoms with Crippen molar-refractivity contribution >= 4 is 65.7 Å². The van der Waals surface area contributed by atoms with Crippen LogP contribution in [0.15, 0.2) is 174 Å². The molecule has 5 aromatic heterocycles. The molecule has 6 aromatic carbocycles. The standard InChI is InChI=1S/C46H28N4O/c1-3-12-30(13-4-1)49-40-20-10-8-17-35(40)45-34(18-11-21-41(45)49)38-27-44-36(28-47-38)46-43(51-44)25-24-37(48-46)29-22-23-33-32-16-7-9-19-39(32)50(42(33)26-29)31-14-5-2-6-15-31/h1-28H. The first-order valence-corrected chi connectivity index (χ1v) is 17.2. The Balaban J connectivity index is 1.06. The molecule has 0 atom stereocenters. The number of furan rings is 1. The van der Waals surface area contributed by atoms with Crippen LogP contribution in [-0.2, 0) is 0 Å². The molecule has 51 heavy (non-hydrogen) atoms. The van der Waals surface area contributed by atoms with Crippen molar-refractivity contribution in [3.8, 4) is 33.9 Å². The van der Waals surface area contributed by atoms with Gasteiger partial charge in [-0.2, -0.15) is 0 Å². The number of para-hydroxylation sites is 4. The van der Waals surface area contributed by atoms with Crippen molar-refractivity contribution in [3.05, 3.63) is 170 Å². The van der Waals surface area contributed by atoms with Gasteiger partial charge in [-0.15, -0.1) is 0 Å². The Kier molecular flexibility index (Phi) is 5.89. The van der Waals surface area contributed by atoms with Crippen molar-refractivity contribution in [2.75, 3.05) is 0 Å². The molecule has 0 aliphatic rings. The van der Waals surface area contributed by atoms with E-state index in [0.29, 0.717) is 0 Å². The van der Waals surface area contributed by atoms with Crippen molar-refractivity contribution in [1.29, 1.82) is 0 Å². The van der Waals surface area contributed by atoms with Gasteiger partial charge in [0.05, 0.1) is 38.8 Å². The number of nitrogens with zero attached hydrogens (tertiary/aromatic N) is 4. The molecule has 5 heterocycles. The van der Waals surface area contributed by atoms with E-state index >= 15 is 0 Å². The summed E-state index contributed by atoms with van der Waals surface area (Å²) < 4.78 is 11.1. The fourth-order valence-corrected chi connectivity index (χ4v) is 7.92. The lowest BCUT2D eigenvalue weighted by Gasteiger charge is -2.08. The van der Waals surface area contributed by atoms with Gasteiger partial charge in [-0.05, 0) is 60.7 Å².